The van der Waals surface area contributed by atoms with E-state index in [1.807, 2.05) is 47.7 Å². The zero-order valence-electron chi connectivity index (χ0n) is 31.7. The number of allylic oxidation sites excluding steroid dienone is 2. The summed E-state index contributed by atoms with van der Waals surface area (Å²) in [5.74, 6) is 0.733. The minimum Gasteiger partial charge on any atom is -0.512 e. The molecule has 0 fully saturated rings. The summed E-state index contributed by atoms with van der Waals surface area (Å²) >= 11 is 0. The number of aliphatic hydroxyl groups excluding tert-OH is 1. The van der Waals surface area contributed by atoms with Crippen LogP contribution >= 0.6 is 0 Å². The van der Waals surface area contributed by atoms with Crippen LogP contribution in [-0.2, 0) is 43.2 Å². The first-order chi connectivity index (χ1) is 22.6. The first-order valence-corrected chi connectivity index (χ1v) is 18.0. The molecule has 4 aromatic rings. The van der Waals surface area contributed by atoms with Crippen LogP contribution in [0.3, 0.4) is 0 Å². The van der Waals surface area contributed by atoms with Gasteiger partial charge in [-0.2, -0.15) is 0 Å². The van der Waals surface area contributed by atoms with E-state index in [1.54, 1.807) is 0 Å². The Balaban J connectivity index is 0.000000312. The van der Waals surface area contributed by atoms with Crippen LogP contribution in [0.15, 0.2) is 66.7 Å². The summed E-state index contributed by atoms with van der Waals surface area (Å²) in [7, 11) is 0. The number of carbonyl (C=O) groups excluding carboxylic acids is 1. The molecule has 49 heavy (non-hydrogen) atoms. The zero-order chi connectivity index (χ0) is 35.4. The van der Waals surface area contributed by atoms with Crippen LogP contribution in [0, 0.1) is 16.9 Å². The number of rotatable bonds is 9. The van der Waals surface area contributed by atoms with Crippen LogP contribution in [0.4, 0.5) is 0 Å². The second kappa shape index (κ2) is 16.3. The van der Waals surface area contributed by atoms with Gasteiger partial charge in [0.05, 0.1) is 0 Å². The Morgan fingerprint density at radius 1 is 0.878 bits per heavy atom. The van der Waals surface area contributed by atoms with Crippen molar-refractivity contribution in [1.29, 1.82) is 0 Å². The summed E-state index contributed by atoms with van der Waals surface area (Å²) < 4.78 is 0. The number of aryl methyl sites for hydroxylation is 1. The molecule has 0 amide bonds. The smallest absolute Gasteiger partial charge is 0.164 e. The van der Waals surface area contributed by atoms with Crippen LogP contribution < -0.4 is 0 Å². The van der Waals surface area contributed by atoms with E-state index >= 15 is 0 Å². The van der Waals surface area contributed by atoms with Gasteiger partial charge in [-0.25, -0.2) is 0 Å². The summed E-state index contributed by atoms with van der Waals surface area (Å²) in [5, 5.41) is 12.6. The summed E-state index contributed by atoms with van der Waals surface area (Å²) in [4.78, 5) is 21.8. The molecule has 265 valence electrons. The molecule has 0 unspecified atom stereocenters. The number of pyridine rings is 2. The number of carbonyl (C=O) groups is 1. The van der Waals surface area contributed by atoms with Gasteiger partial charge in [-0.05, 0) is 78.7 Å². The molecule has 5 heteroatoms. The largest absolute Gasteiger partial charge is 0.512 e. The molecule has 0 aliphatic heterocycles. The van der Waals surface area contributed by atoms with Crippen molar-refractivity contribution in [2.24, 2.45) is 10.8 Å². The fourth-order valence-electron chi connectivity index (χ4n) is 6.43. The topological polar surface area (TPSA) is 63.1 Å². The summed E-state index contributed by atoms with van der Waals surface area (Å²) in [6.45, 7) is 23.3. The van der Waals surface area contributed by atoms with E-state index in [1.165, 1.54) is 45.0 Å². The van der Waals surface area contributed by atoms with E-state index < -0.39 is 0 Å². The fraction of sp³-hybridized carbons (Fsp3) is 0.477. The molecular formula is C44H57IrN2O2-. The minimum absolute atomic E-state index is 0. The van der Waals surface area contributed by atoms with E-state index in [0.717, 1.165) is 55.2 Å². The van der Waals surface area contributed by atoms with Gasteiger partial charge < -0.3 is 5.11 Å². The van der Waals surface area contributed by atoms with Gasteiger partial charge in [0.2, 0.25) is 0 Å². The minimum atomic E-state index is -0.337. The van der Waals surface area contributed by atoms with Crippen LogP contribution in [0.25, 0.3) is 33.2 Å². The zero-order valence-corrected chi connectivity index (χ0v) is 34.1. The predicted molar refractivity (Wildman–Crippen MR) is 203 cm³/mol. The van der Waals surface area contributed by atoms with Crippen LogP contribution in [0.1, 0.15) is 130 Å². The van der Waals surface area contributed by atoms with Crippen LogP contribution in [0.5, 0.6) is 0 Å². The Kier molecular flexibility index (Phi) is 13.4. The molecule has 1 N–H and O–H groups in total. The van der Waals surface area contributed by atoms with Crippen molar-refractivity contribution in [3.05, 3.63) is 95.1 Å². The van der Waals surface area contributed by atoms with Gasteiger partial charge in [0.25, 0.3) is 0 Å². The molecule has 2 heterocycles. The first-order valence-electron chi connectivity index (χ1n) is 18.0. The second-order valence-electron chi connectivity index (χ2n) is 15.4. The van der Waals surface area contributed by atoms with Crippen molar-refractivity contribution in [2.75, 3.05) is 0 Å². The predicted octanol–water partition coefficient (Wildman–Crippen LogP) is 11.9. The van der Waals surface area contributed by atoms with E-state index in [4.69, 9.17) is 9.97 Å². The Hall–Kier alpha value is -3.14. The molecule has 0 atom stereocenters. The van der Waals surface area contributed by atoms with Gasteiger partial charge in [0, 0.05) is 66.4 Å². The molecule has 1 radical (unpaired) electrons. The molecule has 5 rings (SSSR count). The summed E-state index contributed by atoms with van der Waals surface area (Å²) in [6.07, 6.45) is 10.8. The Morgan fingerprint density at radius 3 is 2.10 bits per heavy atom. The molecule has 2 aromatic heterocycles. The standard InChI is InChI=1S/C29H29N2.C15H28O2.Ir/c1-18(2)27-16-20-10-11-24-23(25(20)17-31-27)12-13-30-28(24)21-14-19-8-6-7-9-22(19)26(15-21)29(3,4)5;1-7-14(5,8-2)12(16)11-13(17)15(6,9-3)10-4;/h6-9,12-13,15-18H,10-11H2,1-5H3;11,16H,7-10H2,1-6H3;/q-1;;/b;12-11-;. The number of nitrogens with zero attached hydrogens (tertiary/aromatic N) is 2. The number of hydrogen-bond donors (Lipinski definition) is 1. The second-order valence-corrected chi connectivity index (χ2v) is 15.4. The molecule has 4 nitrogen and oxygen atoms in total. The number of aromatic nitrogens is 2. The van der Waals surface area contributed by atoms with Crippen molar-refractivity contribution < 1.29 is 30.0 Å². The normalized spacial score (nSPS) is 13.3. The quantitative estimate of drug-likeness (QED) is 0.104. The maximum atomic E-state index is 12.2. The molecule has 0 saturated carbocycles. The average molecular weight is 838 g/mol. The van der Waals surface area contributed by atoms with Crippen molar-refractivity contribution in [2.45, 2.75) is 126 Å². The molecule has 0 spiro atoms. The van der Waals surface area contributed by atoms with E-state index in [9.17, 15) is 9.90 Å². The van der Waals surface area contributed by atoms with E-state index in [0.29, 0.717) is 5.92 Å². The van der Waals surface area contributed by atoms with Gasteiger partial charge >= 0.3 is 0 Å². The van der Waals surface area contributed by atoms with Crippen molar-refractivity contribution in [3.63, 3.8) is 0 Å². The van der Waals surface area contributed by atoms with E-state index in [2.05, 4.69) is 89.3 Å². The number of aliphatic hydroxyl groups is 1. The van der Waals surface area contributed by atoms with Gasteiger partial charge in [0.15, 0.2) is 5.78 Å². The monoisotopic (exact) mass is 838 g/mol. The molecule has 1 aliphatic carbocycles. The fourth-order valence-corrected chi connectivity index (χ4v) is 6.43. The third-order valence-corrected chi connectivity index (χ3v) is 11.0. The Morgan fingerprint density at radius 2 is 1.51 bits per heavy atom. The molecule has 1 aliphatic rings. The van der Waals surface area contributed by atoms with Gasteiger partial charge in [-0.15, -0.1) is 29.1 Å². The number of hydrogen-bond acceptors (Lipinski definition) is 4. The molecule has 2 aromatic carbocycles. The summed E-state index contributed by atoms with van der Waals surface area (Å²) in [6, 6.07) is 19.0. The molecule has 0 bridgehead atoms. The van der Waals surface area contributed by atoms with Gasteiger partial charge in [0.1, 0.15) is 5.76 Å². The maximum Gasteiger partial charge on any atom is 0.164 e. The third-order valence-electron chi connectivity index (χ3n) is 11.0. The third kappa shape index (κ3) is 8.60. The number of ketones is 1. The average Bonchev–Trinajstić information content (AvgIpc) is 3.09. The van der Waals surface area contributed by atoms with E-state index in [-0.39, 0.29) is 47.9 Å². The van der Waals surface area contributed by atoms with Gasteiger partial charge in [-0.3, -0.25) is 14.8 Å². The SMILES string of the molecule is CC(C)c1cc2c(cn1)-c1ccnc(-c3[c-]c4ccccc4c(C(C)(C)C)c3)c1CC2.CCC(C)(CC)C(=O)/C=C(\O)C(C)(CC)CC.[Ir]. The van der Waals surface area contributed by atoms with Crippen molar-refractivity contribution in [3.8, 4) is 22.4 Å². The Labute approximate surface area is 309 Å². The van der Waals surface area contributed by atoms with Crippen molar-refractivity contribution in [1.82, 2.24) is 9.97 Å². The molecule has 0 saturated heterocycles. The number of fused-ring (bicyclic) bond motifs is 4. The first kappa shape index (κ1) is 40.3. The maximum absolute atomic E-state index is 12.2. The summed E-state index contributed by atoms with van der Waals surface area (Å²) in [5.41, 5.74) is 9.37. The van der Waals surface area contributed by atoms with Crippen molar-refractivity contribution >= 4 is 16.6 Å². The number of benzene rings is 2. The molecular weight excluding hydrogens is 781 g/mol. The van der Waals surface area contributed by atoms with Crippen LogP contribution in [0.2, 0.25) is 0 Å². The van der Waals surface area contributed by atoms with Gasteiger partial charge in [-0.1, -0.05) is 105 Å². The Bertz CT molecular complexity index is 1790. The van der Waals surface area contributed by atoms with Crippen LogP contribution in [-0.4, -0.2) is 20.9 Å².